The van der Waals surface area contributed by atoms with Crippen molar-refractivity contribution in [2.45, 2.75) is 46.2 Å². The molecule has 0 spiro atoms. The Morgan fingerprint density at radius 3 is 2.82 bits per heavy atom. The highest BCUT2D eigenvalue weighted by molar-refractivity contribution is 5.57. The molecule has 1 fully saturated rings. The summed E-state index contributed by atoms with van der Waals surface area (Å²) in [7, 11) is 0. The van der Waals surface area contributed by atoms with Gasteiger partial charge in [-0.25, -0.2) is 0 Å². The molecule has 0 saturated carbocycles. The highest BCUT2D eigenvalue weighted by atomic mass is 15.2. The van der Waals surface area contributed by atoms with Gasteiger partial charge >= 0.3 is 0 Å². The van der Waals surface area contributed by atoms with E-state index < -0.39 is 0 Å². The van der Waals surface area contributed by atoms with Gasteiger partial charge in [-0.1, -0.05) is 26.0 Å². The summed E-state index contributed by atoms with van der Waals surface area (Å²) >= 11 is 0. The molecular formula is C15H24N2. The number of aryl methyl sites for hydroxylation is 1. The van der Waals surface area contributed by atoms with Gasteiger partial charge in [0, 0.05) is 24.8 Å². The molecule has 17 heavy (non-hydrogen) atoms. The Kier molecular flexibility index (Phi) is 3.72. The third-order valence-electron chi connectivity index (χ3n) is 3.84. The maximum Gasteiger partial charge on any atom is 0.0417 e. The van der Waals surface area contributed by atoms with E-state index in [1.165, 1.54) is 36.2 Å². The third-order valence-corrected chi connectivity index (χ3v) is 3.84. The highest BCUT2D eigenvalue weighted by Crippen LogP contribution is 2.32. The maximum atomic E-state index is 5.86. The minimum absolute atomic E-state index is 0.636. The van der Waals surface area contributed by atoms with E-state index in [0.29, 0.717) is 18.5 Å². The molecule has 0 aromatic heterocycles. The van der Waals surface area contributed by atoms with Gasteiger partial charge in [0.1, 0.15) is 0 Å². The van der Waals surface area contributed by atoms with Crippen LogP contribution in [0.4, 0.5) is 5.69 Å². The van der Waals surface area contributed by atoms with Crippen LogP contribution in [-0.2, 0) is 6.54 Å². The second-order valence-electron chi connectivity index (χ2n) is 5.48. The zero-order valence-corrected chi connectivity index (χ0v) is 11.2. The summed E-state index contributed by atoms with van der Waals surface area (Å²) in [6.45, 7) is 8.61. The molecule has 1 aliphatic heterocycles. The molecule has 0 aliphatic carbocycles. The number of hydrogen-bond acceptors (Lipinski definition) is 2. The van der Waals surface area contributed by atoms with E-state index in [9.17, 15) is 0 Å². The smallest absolute Gasteiger partial charge is 0.0417 e. The van der Waals surface area contributed by atoms with Crippen LogP contribution >= 0.6 is 0 Å². The summed E-state index contributed by atoms with van der Waals surface area (Å²) in [6, 6.07) is 7.32. The summed E-state index contributed by atoms with van der Waals surface area (Å²) in [4.78, 5) is 2.57. The van der Waals surface area contributed by atoms with E-state index in [0.717, 1.165) is 0 Å². The van der Waals surface area contributed by atoms with Crippen LogP contribution in [0.1, 0.15) is 37.8 Å². The van der Waals surface area contributed by atoms with Gasteiger partial charge in [-0.3, -0.25) is 0 Å². The van der Waals surface area contributed by atoms with Crippen molar-refractivity contribution in [3.05, 3.63) is 29.3 Å². The zero-order chi connectivity index (χ0) is 12.4. The lowest BCUT2D eigenvalue weighted by Crippen LogP contribution is -2.34. The monoisotopic (exact) mass is 232 g/mol. The van der Waals surface area contributed by atoms with Crippen molar-refractivity contribution in [1.82, 2.24) is 0 Å². The molecular weight excluding hydrogens is 208 g/mol. The first-order valence-corrected chi connectivity index (χ1v) is 6.69. The average molecular weight is 232 g/mol. The number of benzene rings is 1. The highest BCUT2D eigenvalue weighted by Gasteiger charge is 2.28. The molecule has 1 aromatic rings. The fourth-order valence-electron chi connectivity index (χ4n) is 2.90. The second-order valence-corrected chi connectivity index (χ2v) is 5.48. The third kappa shape index (κ3) is 2.47. The van der Waals surface area contributed by atoms with E-state index >= 15 is 0 Å². The summed E-state index contributed by atoms with van der Waals surface area (Å²) in [5, 5.41) is 0. The number of hydrogen-bond donors (Lipinski definition) is 1. The SMILES string of the molecule is Cc1ccc(CN)c(N2CCCC2C(C)C)c1. The summed E-state index contributed by atoms with van der Waals surface area (Å²) in [5.74, 6) is 0.712. The van der Waals surface area contributed by atoms with Crippen molar-refractivity contribution in [2.24, 2.45) is 11.7 Å². The van der Waals surface area contributed by atoms with E-state index in [1.807, 2.05) is 0 Å². The number of anilines is 1. The largest absolute Gasteiger partial charge is 0.368 e. The Hall–Kier alpha value is -1.02. The van der Waals surface area contributed by atoms with Crippen LogP contribution in [0.25, 0.3) is 0 Å². The van der Waals surface area contributed by atoms with E-state index in [2.05, 4.69) is 43.9 Å². The van der Waals surface area contributed by atoms with E-state index in [-0.39, 0.29) is 0 Å². The Morgan fingerprint density at radius 1 is 1.41 bits per heavy atom. The van der Waals surface area contributed by atoms with Crippen LogP contribution in [-0.4, -0.2) is 12.6 Å². The topological polar surface area (TPSA) is 29.3 Å². The van der Waals surface area contributed by atoms with E-state index in [1.54, 1.807) is 0 Å². The van der Waals surface area contributed by atoms with Gasteiger partial charge in [0.25, 0.3) is 0 Å². The van der Waals surface area contributed by atoms with Crippen LogP contribution in [0.5, 0.6) is 0 Å². The number of rotatable bonds is 3. The molecule has 1 aliphatic rings. The number of nitrogens with two attached hydrogens (primary N) is 1. The van der Waals surface area contributed by atoms with Gasteiger partial charge in [0.2, 0.25) is 0 Å². The lowest BCUT2D eigenvalue weighted by Gasteiger charge is -2.31. The molecule has 1 saturated heterocycles. The quantitative estimate of drug-likeness (QED) is 0.867. The molecule has 2 heteroatoms. The predicted molar refractivity (Wildman–Crippen MR) is 74.3 cm³/mol. The van der Waals surface area contributed by atoms with Crippen LogP contribution in [0.2, 0.25) is 0 Å². The molecule has 0 amide bonds. The first-order valence-electron chi connectivity index (χ1n) is 6.69. The molecule has 94 valence electrons. The van der Waals surface area contributed by atoms with Gasteiger partial charge < -0.3 is 10.6 Å². The second kappa shape index (κ2) is 5.09. The van der Waals surface area contributed by atoms with Crippen LogP contribution in [0.15, 0.2) is 18.2 Å². The molecule has 2 rings (SSSR count). The summed E-state index contributed by atoms with van der Waals surface area (Å²) in [6.07, 6.45) is 2.62. The molecule has 1 unspecified atom stereocenters. The van der Waals surface area contributed by atoms with Crippen molar-refractivity contribution < 1.29 is 0 Å². The first kappa shape index (κ1) is 12.4. The first-order chi connectivity index (χ1) is 8.13. The minimum Gasteiger partial charge on any atom is -0.368 e. The Balaban J connectivity index is 2.35. The van der Waals surface area contributed by atoms with Crippen molar-refractivity contribution in [3.63, 3.8) is 0 Å². The molecule has 1 aromatic carbocycles. The number of nitrogens with zero attached hydrogens (tertiary/aromatic N) is 1. The van der Waals surface area contributed by atoms with Crippen LogP contribution in [0.3, 0.4) is 0 Å². The predicted octanol–water partition coefficient (Wildman–Crippen LogP) is 3.08. The van der Waals surface area contributed by atoms with Gasteiger partial charge in [0.15, 0.2) is 0 Å². The average Bonchev–Trinajstić information content (AvgIpc) is 2.77. The fourth-order valence-corrected chi connectivity index (χ4v) is 2.90. The molecule has 1 atom stereocenters. The van der Waals surface area contributed by atoms with Gasteiger partial charge in [0.05, 0.1) is 0 Å². The Morgan fingerprint density at radius 2 is 2.18 bits per heavy atom. The van der Waals surface area contributed by atoms with Gasteiger partial charge in [-0.2, -0.15) is 0 Å². The summed E-state index contributed by atoms with van der Waals surface area (Å²) in [5.41, 5.74) is 9.83. The Labute approximate surface area is 105 Å². The normalized spacial score (nSPS) is 20.3. The minimum atomic E-state index is 0.636. The summed E-state index contributed by atoms with van der Waals surface area (Å²) < 4.78 is 0. The van der Waals surface area contributed by atoms with Crippen molar-refractivity contribution in [3.8, 4) is 0 Å². The fraction of sp³-hybridized carbons (Fsp3) is 0.600. The standard InChI is InChI=1S/C15H24N2/c1-11(2)14-5-4-8-17(14)15-9-12(3)6-7-13(15)10-16/h6-7,9,11,14H,4-5,8,10,16H2,1-3H3. The zero-order valence-electron chi connectivity index (χ0n) is 11.2. The molecule has 1 heterocycles. The van der Waals surface area contributed by atoms with Crippen LogP contribution < -0.4 is 10.6 Å². The molecule has 2 N–H and O–H groups in total. The van der Waals surface area contributed by atoms with Crippen molar-refractivity contribution in [1.29, 1.82) is 0 Å². The maximum absolute atomic E-state index is 5.86. The molecule has 0 radical (unpaired) electrons. The lowest BCUT2D eigenvalue weighted by atomic mass is 10.00. The molecule has 2 nitrogen and oxygen atoms in total. The van der Waals surface area contributed by atoms with Gasteiger partial charge in [-0.15, -0.1) is 0 Å². The van der Waals surface area contributed by atoms with Crippen molar-refractivity contribution in [2.75, 3.05) is 11.4 Å². The van der Waals surface area contributed by atoms with Crippen molar-refractivity contribution >= 4 is 5.69 Å². The lowest BCUT2D eigenvalue weighted by molar-refractivity contribution is 0.491. The van der Waals surface area contributed by atoms with E-state index in [4.69, 9.17) is 5.73 Å². The Bertz CT molecular complexity index is 385. The molecule has 0 bridgehead atoms. The van der Waals surface area contributed by atoms with Crippen LogP contribution in [0, 0.1) is 12.8 Å². The van der Waals surface area contributed by atoms with Gasteiger partial charge in [-0.05, 0) is 42.9 Å².